The maximum absolute atomic E-state index is 11.5. The molecule has 0 aliphatic carbocycles. The molecule has 0 atom stereocenters. The molecule has 0 fully saturated rings. The molecule has 0 saturated heterocycles. The molecular formula is C14H11NO6. The summed E-state index contributed by atoms with van der Waals surface area (Å²) in [5.74, 6) is 0.400. The van der Waals surface area contributed by atoms with Gasteiger partial charge in [0, 0.05) is 12.1 Å². The lowest BCUT2D eigenvalue weighted by Crippen LogP contribution is -2.13. The largest absolute Gasteiger partial charge is 0.519 e. The molecule has 7 heteroatoms. The number of rotatable bonds is 4. The molecule has 2 aromatic rings. The number of hydrogen-bond acceptors (Lipinski definition) is 6. The molecule has 21 heavy (non-hydrogen) atoms. The highest BCUT2D eigenvalue weighted by Gasteiger charge is 2.10. The van der Waals surface area contributed by atoms with Gasteiger partial charge >= 0.3 is 6.16 Å². The Morgan fingerprint density at radius 1 is 1.00 bits per heavy atom. The van der Waals surface area contributed by atoms with E-state index in [9.17, 15) is 14.9 Å². The van der Waals surface area contributed by atoms with Crippen molar-refractivity contribution in [1.82, 2.24) is 0 Å². The topological polar surface area (TPSA) is 98.9 Å². The highest BCUT2D eigenvalue weighted by Crippen LogP contribution is 2.18. The summed E-state index contributed by atoms with van der Waals surface area (Å²) < 4.78 is 9.80. The fourth-order valence-electron chi connectivity index (χ4n) is 1.51. The van der Waals surface area contributed by atoms with E-state index in [2.05, 4.69) is 0 Å². The van der Waals surface area contributed by atoms with Gasteiger partial charge in [0.2, 0.25) is 0 Å². The summed E-state index contributed by atoms with van der Waals surface area (Å²) in [6, 6.07) is 11.3. The molecule has 0 unspecified atom stereocenters. The molecule has 0 heterocycles. The Balaban J connectivity index is 1.95. The zero-order valence-electron chi connectivity index (χ0n) is 10.8. The first-order valence-corrected chi connectivity index (χ1v) is 5.92. The van der Waals surface area contributed by atoms with Crippen LogP contribution in [-0.4, -0.2) is 16.2 Å². The normalized spacial score (nSPS) is 9.95. The van der Waals surface area contributed by atoms with Gasteiger partial charge in [-0.3, -0.25) is 10.1 Å². The number of aliphatic hydroxyl groups excluding tert-OH is 1. The zero-order valence-corrected chi connectivity index (χ0v) is 10.8. The third-order valence-electron chi connectivity index (χ3n) is 2.56. The highest BCUT2D eigenvalue weighted by atomic mass is 16.7. The summed E-state index contributed by atoms with van der Waals surface area (Å²) in [5, 5.41) is 19.4. The van der Waals surface area contributed by atoms with Gasteiger partial charge < -0.3 is 14.6 Å². The van der Waals surface area contributed by atoms with E-state index in [1.165, 1.54) is 36.4 Å². The summed E-state index contributed by atoms with van der Waals surface area (Å²) in [6.07, 6.45) is -0.958. The number of carbonyl (C=O) groups excluding carboxylic acids is 1. The molecule has 0 saturated carbocycles. The van der Waals surface area contributed by atoms with Crippen LogP contribution in [0.15, 0.2) is 48.5 Å². The first kappa shape index (κ1) is 14.5. The molecule has 0 radical (unpaired) electrons. The smallest absolute Gasteiger partial charge is 0.395 e. The monoisotopic (exact) mass is 289 g/mol. The lowest BCUT2D eigenvalue weighted by molar-refractivity contribution is -0.384. The summed E-state index contributed by atoms with van der Waals surface area (Å²) in [7, 11) is 0. The third-order valence-corrected chi connectivity index (χ3v) is 2.56. The van der Waals surface area contributed by atoms with Crippen LogP contribution in [0.1, 0.15) is 5.56 Å². The van der Waals surface area contributed by atoms with Crippen LogP contribution in [0.5, 0.6) is 11.5 Å². The Hall–Kier alpha value is -2.93. The van der Waals surface area contributed by atoms with Crippen LogP contribution in [0, 0.1) is 10.1 Å². The summed E-state index contributed by atoms with van der Waals surface area (Å²) >= 11 is 0. The number of nitro benzene ring substituents is 1. The molecule has 0 aliphatic heterocycles. The van der Waals surface area contributed by atoms with Crippen molar-refractivity contribution >= 4 is 11.8 Å². The van der Waals surface area contributed by atoms with Crippen molar-refractivity contribution in [2.45, 2.75) is 6.61 Å². The third kappa shape index (κ3) is 4.02. The first-order chi connectivity index (χ1) is 10.1. The van der Waals surface area contributed by atoms with Gasteiger partial charge in [0.15, 0.2) is 0 Å². The Kier molecular flexibility index (Phi) is 4.47. The van der Waals surface area contributed by atoms with E-state index in [4.69, 9.17) is 14.6 Å². The summed E-state index contributed by atoms with van der Waals surface area (Å²) in [5.41, 5.74) is 0.585. The Labute approximate surface area is 119 Å². The lowest BCUT2D eigenvalue weighted by atomic mass is 10.2. The average molecular weight is 289 g/mol. The fourth-order valence-corrected chi connectivity index (χ4v) is 1.51. The number of nitro groups is 1. The molecule has 7 nitrogen and oxygen atoms in total. The standard InChI is InChI=1S/C14H11NO6/c16-9-10-1-5-12(6-2-10)20-14(17)21-13-7-3-11(4-8-13)15(18)19/h1-8,16H,9H2. The quantitative estimate of drug-likeness (QED) is 0.402. The van der Waals surface area contributed by atoms with E-state index in [0.717, 1.165) is 0 Å². The summed E-state index contributed by atoms with van der Waals surface area (Å²) in [4.78, 5) is 21.5. The van der Waals surface area contributed by atoms with Crippen molar-refractivity contribution < 1.29 is 24.3 Å². The average Bonchev–Trinajstić information content (AvgIpc) is 2.48. The van der Waals surface area contributed by atoms with Crippen LogP contribution >= 0.6 is 0 Å². The van der Waals surface area contributed by atoms with Gasteiger partial charge in [-0.05, 0) is 29.8 Å². The van der Waals surface area contributed by atoms with Crippen LogP contribution in [0.2, 0.25) is 0 Å². The van der Waals surface area contributed by atoms with Gasteiger partial charge in [-0.25, -0.2) is 4.79 Å². The molecule has 1 N–H and O–H groups in total. The Morgan fingerprint density at radius 2 is 1.48 bits per heavy atom. The van der Waals surface area contributed by atoms with Crippen molar-refractivity contribution in [1.29, 1.82) is 0 Å². The minimum Gasteiger partial charge on any atom is -0.395 e. The molecule has 2 aromatic carbocycles. The second-order valence-electron chi connectivity index (χ2n) is 4.01. The van der Waals surface area contributed by atoms with E-state index in [-0.39, 0.29) is 23.8 Å². The van der Waals surface area contributed by atoms with E-state index < -0.39 is 11.1 Å². The zero-order chi connectivity index (χ0) is 15.2. The summed E-state index contributed by atoms with van der Waals surface area (Å²) in [6.45, 7) is -0.104. The molecule has 0 spiro atoms. The van der Waals surface area contributed by atoms with Crippen molar-refractivity contribution in [3.8, 4) is 11.5 Å². The maximum atomic E-state index is 11.5. The number of non-ortho nitro benzene ring substituents is 1. The van der Waals surface area contributed by atoms with Crippen LogP contribution in [0.3, 0.4) is 0 Å². The van der Waals surface area contributed by atoms with Gasteiger partial charge in [0.1, 0.15) is 11.5 Å². The fraction of sp³-hybridized carbons (Fsp3) is 0.0714. The first-order valence-electron chi connectivity index (χ1n) is 5.92. The number of benzene rings is 2. The van der Waals surface area contributed by atoms with Gasteiger partial charge in [0.05, 0.1) is 11.5 Å². The molecule has 0 aromatic heterocycles. The van der Waals surface area contributed by atoms with Crippen LogP contribution in [-0.2, 0) is 6.61 Å². The van der Waals surface area contributed by atoms with Crippen LogP contribution in [0.25, 0.3) is 0 Å². The number of carbonyl (C=O) groups is 1. The lowest BCUT2D eigenvalue weighted by Gasteiger charge is -2.05. The van der Waals surface area contributed by atoms with Crippen molar-refractivity contribution in [3.63, 3.8) is 0 Å². The van der Waals surface area contributed by atoms with Gasteiger partial charge in [-0.15, -0.1) is 0 Å². The maximum Gasteiger partial charge on any atom is 0.519 e. The highest BCUT2D eigenvalue weighted by molar-refractivity contribution is 5.67. The number of aliphatic hydroxyl groups is 1. The number of nitrogens with zero attached hydrogens (tertiary/aromatic N) is 1. The second kappa shape index (κ2) is 6.49. The minimum absolute atomic E-state index is 0.102. The molecule has 0 aliphatic rings. The van der Waals surface area contributed by atoms with Crippen molar-refractivity contribution in [3.05, 3.63) is 64.2 Å². The van der Waals surface area contributed by atoms with E-state index in [1.807, 2.05) is 0 Å². The van der Waals surface area contributed by atoms with E-state index >= 15 is 0 Å². The van der Waals surface area contributed by atoms with Crippen LogP contribution < -0.4 is 9.47 Å². The van der Waals surface area contributed by atoms with Crippen molar-refractivity contribution in [2.75, 3.05) is 0 Å². The molecule has 2 rings (SSSR count). The van der Waals surface area contributed by atoms with Crippen LogP contribution in [0.4, 0.5) is 10.5 Å². The predicted molar refractivity (Wildman–Crippen MR) is 72.1 cm³/mol. The number of ether oxygens (including phenoxy) is 2. The van der Waals surface area contributed by atoms with Crippen molar-refractivity contribution in [2.24, 2.45) is 0 Å². The Bertz CT molecular complexity index is 636. The second-order valence-corrected chi connectivity index (χ2v) is 4.01. The molecule has 108 valence electrons. The molecule has 0 amide bonds. The van der Waals surface area contributed by atoms with Gasteiger partial charge in [-0.2, -0.15) is 0 Å². The molecule has 0 bridgehead atoms. The Morgan fingerprint density at radius 3 is 1.90 bits per heavy atom. The molecular weight excluding hydrogens is 278 g/mol. The SMILES string of the molecule is O=C(Oc1ccc(CO)cc1)Oc1ccc([N+](=O)[O-])cc1. The minimum atomic E-state index is -0.958. The predicted octanol–water partition coefficient (Wildman–Crippen LogP) is 2.66. The number of hydrogen-bond donors (Lipinski definition) is 1. The van der Waals surface area contributed by atoms with Gasteiger partial charge in [0.25, 0.3) is 5.69 Å². The van der Waals surface area contributed by atoms with Gasteiger partial charge in [-0.1, -0.05) is 12.1 Å². The van der Waals surface area contributed by atoms with E-state index in [1.54, 1.807) is 12.1 Å². The van der Waals surface area contributed by atoms with E-state index in [0.29, 0.717) is 5.56 Å².